The van der Waals surface area contributed by atoms with Crippen molar-refractivity contribution in [2.75, 3.05) is 6.61 Å². The van der Waals surface area contributed by atoms with Crippen LogP contribution in [0.3, 0.4) is 0 Å². The molecule has 1 saturated heterocycles. The summed E-state index contributed by atoms with van der Waals surface area (Å²) >= 11 is 0. The third kappa shape index (κ3) is 4.93. The standard InChI is InChI=1S/C24H19F3N2O7/c25-24(26,27)23(14-34-20(31)15-7-3-1-4-8-15)17(35-21(32)16-9-5-2-6-10-16)13-19(36-23)29-12-11-18(30)28-22(29)33/h1-12,17,19H,13-14H2,(H,28,30,33)/t17-,19+,23+/m0/s1. The van der Waals surface area contributed by atoms with E-state index in [0.717, 1.165) is 16.8 Å². The van der Waals surface area contributed by atoms with Crippen LogP contribution < -0.4 is 11.2 Å². The smallest absolute Gasteiger partial charge is 0.424 e. The summed E-state index contributed by atoms with van der Waals surface area (Å²) in [6, 6.07) is 15.6. The normalized spacial score (nSPS) is 21.6. The lowest BCUT2D eigenvalue weighted by molar-refractivity contribution is -0.305. The predicted octanol–water partition coefficient (Wildman–Crippen LogP) is 2.84. The second-order valence-corrected chi connectivity index (χ2v) is 7.91. The molecular weight excluding hydrogens is 485 g/mol. The molecule has 1 aliphatic heterocycles. The minimum Gasteiger partial charge on any atom is -0.458 e. The second-order valence-electron chi connectivity index (χ2n) is 7.91. The van der Waals surface area contributed by atoms with E-state index in [9.17, 15) is 32.3 Å². The Kier molecular flexibility index (Phi) is 6.80. The first-order chi connectivity index (χ1) is 17.1. The van der Waals surface area contributed by atoms with Crippen LogP contribution in [-0.4, -0.2) is 46.0 Å². The van der Waals surface area contributed by atoms with E-state index < -0.39 is 60.3 Å². The highest BCUT2D eigenvalue weighted by Crippen LogP contribution is 2.48. The van der Waals surface area contributed by atoms with Crippen LogP contribution in [0.5, 0.6) is 0 Å². The number of carbonyl (C=O) groups is 2. The van der Waals surface area contributed by atoms with Crippen LogP contribution in [0.25, 0.3) is 0 Å². The zero-order valence-corrected chi connectivity index (χ0v) is 18.4. The van der Waals surface area contributed by atoms with Gasteiger partial charge in [0.15, 0.2) is 0 Å². The number of benzene rings is 2. The largest absolute Gasteiger partial charge is 0.458 e. The molecule has 188 valence electrons. The van der Waals surface area contributed by atoms with E-state index in [1.54, 1.807) is 12.1 Å². The highest BCUT2D eigenvalue weighted by molar-refractivity contribution is 5.90. The van der Waals surface area contributed by atoms with E-state index >= 15 is 0 Å². The van der Waals surface area contributed by atoms with Gasteiger partial charge in [-0.25, -0.2) is 14.4 Å². The van der Waals surface area contributed by atoms with Gasteiger partial charge < -0.3 is 14.2 Å². The number of H-pyrrole nitrogens is 1. The number of rotatable bonds is 6. The average Bonchev–Trinajstić information content (AvgIpc) is 3.22. The first kappa shape index (κ1) is 24.9. The Bertz CT molecular complexity index is 1360. The van der Waals surface area contributed by atoms with Crippen LogP contribution in [0.2, 0.25) is 0 Å². The lowest BCUT2D eigenvalue weighted by atomic mass is 9.96. The Morgan fingerprint density at radius 2 is 1.56 bits per heavy atom. The van der Waals surface area contributed by atoms with Crippen molar-refractivity contribution in [2.45, 2.75) is 30.5 Å². The number of ether oxygens (including phenoxy) is 3. The van der Waals surface area contributed by atoms with Crippen molar-refractivity contribution in [3.63, 3.8) is 0 Å². The second kappa shape index (κ2) is 9.82. The number of aromatic nitrogens is 2. The summed E-state index contributed by atoms with van der Waals surface area (Å²) in [7, 11) is 0. The van der Waals surface area contributed by atoms with Gasteiger partial charge in [0, 0.05) is 18.7 Å². The zero-order valence-electron chi connectivity index (χ0n) is 18.4. The molecule has 0 radical (unpaired) electrons. The van der Waals surface area contributed by atoms with Crippen molar-refractivity contribution in [2.24, 2.45) is 0 Å². The van der Waals surface area contributed by atoms with Gasteiger partial charge in [0.05, 0.1) is 11.1 Å². The molecule has 1 aromatic heterocycles. The molecule has 0 amide bonds. The van der Waals surface area contributed by atoms with Gasteiger partial charge in [-0.05, 0) is 24.3 Å². The quantitative estimate of drug-likeness (QED) is 0.513. The van der Waals surface area contributed by atoms with Gasteiger partial charge in [0.1, 0.15) is 18.9 Å². The average molecular weight is 504 g/mol. The molecule has 0 unspecified atom stereocenters. The van der Waals surface area contributed by atoms with E-state index in [1.165, 1.54) is 48.5 Å². The molecule has 0 bridgehead atoms. The molecule has 3 aromatic rings. The van der Waals surface area contributed by atoms with Crippen molar-refractivity contribution >= 4 is 11.9 Å². The molecule has 3 atom stereocenters. The van der Waals surface area contributed by atoms with Crippen LogP contribution in [0.1, 0.15) is 33.4 Å². The molecule has 12 heteroatoms. The summed E-state index contributed by atoms with van der Waals surface area (Å²) in [5, 5.41) is 0. The van der Waals surface area contributed by atoms with Gasteiger partial charge >= 0.3 is 23.8 Å². The molecule has 9 nitrogen and oxygen atoms in total. The lowest BCUT2D eigenvalue weighted by Crippen LogP contribution is -2.57. The number of hydrogen-bond acceptors (Lipinski definition) is 7. The number of nitrogens with zero attached hydrogens (tertiary/aromatic N) is 1. The molecule has 1 N–H and O–H groups in total. The first-order valence-corrected chi connectivity index (χ1v) is 10.6. The Labute approximate surface area is 201 Å². The van der Waals surface area contributed by atoms with Crippen LogP contribution in [0.15, 0.2) is 82.5 Å². The van der Waals surface area contributed by atoms with Crippen molar-refractivity contribution in [3.05, 3.63) is 105 Å². The fourth-order valence-corrected chi connectivity index (χ4v) is 3.77. The van der Waals surface area contributed by atoms with E-state index in [1.807, 2.05) is 4.98 Å². The van der Waals surface area contributed by atoms with Crippen LogP contribution in [-0.2, 0) is 14.2 Å². The maximum absolute atomic E-state index is 14.6. The summed E-state index contributed by atoms with van der Waals surface area (Å²) in [5.74, 6) is -2.12. The van der Waals surface area contributed by atoms with E-state index in [0.29, 0.717) is 0 Å². The fourth-order valence-electron chi connectivity index (χ4n) is 3.77. The van der Waals surface area contributed by atoms with Gasteiger partial charge in [-0.2, -0.15) is 13.2 Å². The number of hydrogen-bond donors (Lipinski definition) is 1. The lowest BCUT2D eigenvalue weighted by Gasteiger charge is -2.35. The molecule has 2 aromatic carbocycles. The maximum atomic E-state index is 14.6. The number of nitrogens with one attached hydrogen (secondary N) is 1. The van der Waals surface area contributed by atoms with Gasteiger partial charge in [0.25, 0.3) is 5.56 Å². The molecule has 1 fully saturated rings. The summed E-state index contributed by atoms with van der Waals surface area (Å²) < 4.78 is 60.0. The number of aromatic amines is 1. The van der Waals surface area contributed by atoms with Crippen LogP contribution in [0, 0.1) is 0 Å². The first-order valence-electron chi connectivity index (χ1n) is 10.6. The molecule has 0 spiro atoms. The number of alkyl halides is 3. The molecular formula is C24H19F3N2O7. The van der Waals surface area contributed by atoms with Gasteiger partial charge in [-0.3, -0.25) is 14.3 Å². The highest BCUT2D eigenvalue weighted by Gasteiger charge is 2.68. The van der Waals surface area contributed by atoms with E-state index in [2.05, 4.69) is 0 Å². The maximum Gasteiger partial charge on any atom is 0.424 e. The van der Waals surface area contributed by atoms with Crippen LogP contribution >= 0.6 is 0 Å². The third-order valence-electron chi connectivity index (χ3n) is 5.61. The molecule has 36 heavy (non-hydrogen) atoms. The molecule has 0 aliphatic carbocycles. The topological polar surface area (TPSA) is 117 Å². The predicted molar refractivity (Wildman–Crippen MR) is 117 cm³/mol. The number of halogens is 3. The zero-order chi connectivity index (χ0) is 25.9. The highest BCUT2D eigenvalue weighted by atomic mass is 19.4. The van der Waals surface area contributed by atoms with Gasteiger partial charge in [0.2, 0.25) is 5.60 Å². The molecule has 1 aliphatic rings. The monoisotopic (exact) mass is 504 g/mol. The van der Waals surface area contributed by atoms with Crippen molar-refractivity contribution in [1.82, 2.24) is 9.55 Å². The summed E-state index contributed by atoms with van der Waals surface area (Å²) in [6.45, 7) is -1.36. The molecule has 4 rings (SSSR count). The third-order valence-corrected chi connectivity index (χ3v) is 5.61. The fraction of sp³-hybridized carbons (Fsp3) is 0.250. The Morgan fingerprint density at radius 1 is 0.972 bits per heavy atom. The number of esters is 2. The van der Waals surface area contributed by atoms with E-state index in [4.69, 9.17) is 14.2 Å². The summed E-state index contributed by atoms with van der Waals surface area (Å²) in [6.07, 6.45) is -8.46. The van der Waals surface area contributed by atoms with Crippen molar-refractivity contribution in [1.29, 1.82) is 0 Å². The summed E-state index contributed by atoms with van der Waals surface area (Å²) in [5.41, 5.74) is -5.11. The number of carbonyl (C=O) groups excluding carboxylic acids is 2. The van der Waals surface area contributed by atoms with Gasteiger partial charge in [-0.1, -0.05) is 36.4 Å². The minimum atomic E-state index is -5.20. The Balaban J connectivity index is 1.70. The van der Waals surface area contributed by atoms with Crippen molar-refractivity contribution < 1.29 is 37.0 Å². The molecule has 2 heterocycles. The SMILES string of the molecule is O=C(OC[C@@]1(C(F)(F)F)O[C@@H](n2ccc(=O)[nH]c2=O)C[C@@H]1OC(=O)c1ccccc1)c1ccccc1. The Morgan fingerprint density at radius 3 is 2.11 bits per heavy atom. The molecule has 0 saturated carbocycles. The minimum absolute atomic E-state index is 0.000874. The van der Waals surface area contributed by atoms with Gasteiger partial charge in [-0.15, -0.1) is 0 Å². The Hall–Kier alpha value is -4.19. The van der Waals surface area contributed by atoms with E-state index in [-0.39, 0.29) is 11.1 Å². The van der Waals surface area contributed by atoms with Crippen LogP contribution in [0.4, 0.5) is 13.2 Å². The van der Waals surface area contributed by atoms with Crippen molar-refractivity contribution in [3.8, 4) is 0 Å². The summed E-state index contributed by atoms with van der Waals surface area (Å²) in [4.78, 5) is 50.7.